The number of β-amino-alcohol motifs (C(OH)–C–C–N with tert-alkyl or cyclic N) is 1. The number of aromatic nitrogens is 2. The molecule has 7 nitrogen and oxygen atoms in total. The number of hydrogen-bond donors (Lipinski definition) is 1. The van der Waals surface area contributed by atoms with Crippen LogP contribution in [0.3, 0.4) is 0 Å². The largest absolute Gasteiger partial charge is 0.497 e. The first kappa shape index (κ1) is 16.9. The van der Waals surface area contributed by atoms with E-state index in [1.165, 1.54) is 0 Å². The van der Waals surface area contributed by atoms with Crippen LogP contribution in [-0.4, -0.2) is 53.6 Å². The van der Waals surface area contributed by atoms with E-state index in [1.807, 2.05) is 18.2 Å². The number of aliphatic hydroxyl groups is 1. The molecule has 0 radical (unpaired) electrons. The number of rotatable bonds is 7. The zero-order valence-corrected chi connectivity index (χ0v) is 14.0. The summed E-state index contributed by atoms with van der Waals surface area (Å²) >= 11 is 0. The van der Waals surface area contributed by atoms with Crippen LogP contribution < -0.4 is 4.74 Å². The van der Waals surface area contributed by atoms with Crippen LogP contribution in [0.4, 0.5) is 0 Å². The van der Waals surface area contributed by atoms with Gasteiger partial charge >= 0.3 is 0 Å². The van der Waals surface area contributed by atoms with E-state index in [4.69, 9.17) is 14.0 Å². The van der Waals surface area contributed by atoms with Gasteiger partial charge in [-0.1, -0.05) is 17.3 Å². The minimum Gasteiger partial charge on any atom is -0.497 e. The van der Waals surface area contributed by atoms with Crippen LogP contribution in [0, 0.1) is 0 Å². The molecule has 1 aromatic heterocycles. The second-order valence-corrected chi connectivity index (χ2v) is 5.96. The molecule has 130 valence electrons. The summed E-state index contributed by atoms with van der Waals surface area (Å²) < 4.78 is 15.6. The fraction of sp³-hybridized carbons (Fsp3) is 0.529. The van der Waals surface area contributed by atoms with E-state index in [2.05, 4.69) is 21.1 Å². The Kier molecular flexibility index (Phi) is 5.44. The molecule has 0 saturated carbocycles. The first-order valence-corrected chi connectivity index (χ1v) is 8.06. The third kappa shape index (κ3) is 3.92. The van der Waals surface area contributed by atoms with Crippen molar-refractivity contribution in [1.82, 2.24) is 15.0 Å². The molecule has 0 unspecified atom stereocenters. The maximum atomic E-state index is 10.1. The fourth-order valence-corrected chi connectivity index (χ4v) is 3.07. The average molecular weight is 333 g/mol. The Bertz CT molecular complexity index is 661. The lowest BCUT2D eigenvalue weighted by atomic mass is 10.0. The molecule has 0 amide bonds. The molecular weight excluding hydrogens is 310 g/mol. The summed E-state index contributed by atoms with van der Waals surface area (Å²) in [4.78, 5) is 6.55. The second-order valence-electron chi connectivity index (χ2n) is 5.96. The predicted octanol–water partition coefficient (Wildman–Crippen LogP) is 1.58. The van der Waals surface area contributed by atoms with Crippen LogP contribution >= 0.6 is 0 Å². The molecule has 3 rings (SSSR count). The lowest BCUT2D eigenvalue weighted by molar-refractivity contribution is 0.164. The fourth-order valence-electron chi connectivity index (χ4n) is 3.07. The van der Waals surface area contributed by atoms with Gasteiger partial charge in [0.1, 0.15) is 5.75 Å². The molecule has 1 aliphatic rings. The normalized spacial score (nSPS) is 21.3. The van der Waals surface area contributed by atoms with Crippen molar-refractivity contribution < 1.29 is 19.1 Å². The van der Waals surface area contributed by atoms with Gasteiger partial charge in [0.05, 0.1) is 26.4 Å². The first-order valence-electron chi connectivity index (χ1n) is 8.06. The van der Waals surface area contributed by atoms with Gasteiger partial charge in [0.15, 0.2) is 5.82 Å². The van der Waals surface area contributed by atoms with Crippen LogP contribution in [0.1, 0.15) is 29.7 Å². The van der Waals surface area contributed by atoms with Gasteiger partial charge in [-0.25, -0.2) is 0 Å². The summed E-state index contributed by atoms with van der Waals surface area (Å²) in [6.07, 6.45) is 0.942. The minimum absolute atomic E-state index is 0.101. The number of aliphatic hydroxyl groups excluding tert-OH is 1. The quantitative estimate of drug-likeness (QED) is 0.824. The second kappa shape index (κ2) is 7.74. The van der Waals surface area contributed by atoms with E-state index in [1.54, 1.807) is 14.2 Å². The maximum absolute atomic E-state index is 10.1. The number of benzene rings is 1. The summed E-state index contributed by atoms with van der Waals surface area (Å²) in [5.74, 6) is 2.01. The number of likely N-dealkylation sites (tertiary alicyclic amines) is 1. The lowest BCUT2D eigenvalue weighted by Crippen LogP contribution is -2.24. The van der Waals surface area contributed by atoms with Crippen molar-refractivity contribution in [2.24, 2.45) is 0 Å². The summed E-state index contributed by atoms with van der Waals surface area (Å²) in [7, 11) is 3.30. The number of nitrogens with zero attached hydrogens (tertiary/aromatic N) is 3. The van der Waals surface area contributed by atoms with Crippen LogP contribution in [-0.2, 0) is 17.7 Å². The molecule has 0 aliphatic carbocycles. The van der Waals surface area contributed by atoms with E-state index in [0.29, 0.717) is 44.3 Å². The summed E-state index contributed by atoms with van der Waals surface area (Å²) in [6, 6.07) is 8.04. The molecule has 2 heterocycles. The van der Waals surface area contributed by atoms with Crippen LogP contribution in [0.25, 0.3) is 0 Å². The van der Waals surface area contributed by atoms with Crippen molar-refractivity contribution >= 4 is 0 Å². The van der Waals surface area contributed by atoms with E-state index in [9.17, 15) is 5.11 Å². The molecule has 24 heavy (non-hydrogen) atoms. The van der Waals surface area contributed by atoms with E-state index >= 15 is 0 Å². The molecule has 2 atom stereocenters. The monoisotopic (exact) mass is 333 g/mol. The Morgan fingerprint density at radius 3 is 3.04 bits per heavy atom. The third-order valence-corrected chi connectivity index (χ3v) is 4.24. The van der Waals surface area contributed by atoms with Crippen molar-refractivity contribution in [3.05, 3.63) is 41.5 Å². The van der Waals surface area contributed by atoms with Gasteiger partial charge in [0.2, 0.25) is 5.89 Å². The van der Waals surface area contributed by atoms with Crippen LogP contribution in [0.15, 0.2) is 28.8 Å². The molecular formula is C17H23N3O4. The van der Waals surface area contributed by atoms with E-state index in [-0.39, 0.29) is 12.1 Å². The maximum Gasteiger partial charge on any atom is 0.240 e. The molecule has 1 aromatic carbocycles. The highest BCUT2D eigenvalue weighted by molar-refractivity contribution is 5.31. The molecule has 0 spiro atoms. The van der Waals surface area contributed by atoms with Crippen LogP contribution in [0.2, 0.25) is 0 Å². The predicted molar refractivity (Wildman–Crippen MR) is 86.6 cm³/mol. The van der Waals surface area contributed by atoms with Crippen molar-refractivity contribution in [1.29, 1.82) is 0 Å². The Morgan fingerprint density at radius 1 is 1.38 bits per heavy atom. The first-order chi connectivity index (χ1) is 11.7. The topological polar surface area (TPSA) is 80.9 Å². The van der Waals surface area contributed by atoms with E-state index < -0.39 is 0 Å². The molecule has 1 aliphatic heterocycles. The highest BCUT2D eigenvalue weighted by Crippen LogP contribution is 2.34. The minimum atomic E-state index is -0.364. The lowest BCUT2D eigenvalue weighted by Gasteiger charge is -2.23. The van der Waals surface area contributed by atoms with Crippen molar-refractivity contribution in [2.45, 2.75) is 31.5 Å². The van der Waals surface area contributed by atoms with Gasteiger partial charge in [0.25, 0.3) is 0 Å². The van der Waals surface area contributed by atoms with Crippen molar-refractivity contribution in [3.8, 4) is 5.75 Å². The van der Waals surface area contributed by atoms with Crippen molar-refractivity contribution in [2.75, 3.05) is 27.4 Å². The molecule has 0 bridgehead atoms. The Morgan fingerprint density at radius 2 is 2.25 bits per heavy atom. The summed E-state index contributed by atoms with van der Waals surface area (Å²) in [5, 5.41) is 14.1. The number of methoxy groups -OCH3 is 2. The summed E-state index contributed by atoms with van der Waals surface area (Å²) in [6.45, 7) is 1.66. The Hall–Kier alpha value is -1.96. The van der Waals surface area contributed by atoms with Gasteiger partial charge in [-0.15, -0.1) is 0 Å². The van der Waals surface area contributed by atoms with Gasteiger partial charge in [-0.3, -0.25) is 4.90 Å². The molecule has 2 aromatic rings. The Labute approximate surface area is 141 Å². The van der Waals surface area contributed by atoms with E-state index in [0.717, 1.165) is 11.3 Å². The van der Waals surface area contributed by atoms with Gasteiger partial charge in [0, 0.05) is 26.1 Å². The third-order valence-electron chi connectivity index (χ3n) is 4.24. The average Bonchev–Trinajstić information content (AvgIpc) is 3.19. The molecule has 1 N–H and O–H groups in total. The van der Waals surface area contributed by atoms with Gasteiger partial charge in [-0.05, 0) is 24.1 Å². The Balaban J connectivity index is 1.72. The highest BCUT2D eigenvalue weighted by Gasteiger charge is 2.33. The van der Waals surface area contributed by atoms with Gasteiger partial charge in [-0.2, -0.15) is 4.98 Å². The molecule has 1 saturated heterocycles. The summed E-state index contributed by atoms with van der Waals surface area (Å²) in [5.41, 5.74) is 1.12. The SMILES string of the molecule is COCCc1noc(CN2C[C@@H](O)C[C@@H]2c2cccc(OC)c2)n1. The molecule has 7 heteroatoms. The number of ether oxygens (including phenoxy) is 2. The number of hydrogen-bond acceptors (Lipinski definition) is 7. The van der Waals surface area contributed by atoms with Crippen LogP contribution in [0.5, 0.6) is 5.75 Å². The zero-order chi connectivity index (χ0) is 16.9. The van der Waals surface area contributed by atoms with Gasteiger partial charge < -0.3 is 19.1 Å². The standard InChI is InChI=1S/C17H23N3O4/c1-22-7-6-16-18-17(24-19-16)11-20-10-13(21)9-15(20)12-4-3-5-14(8-12)23-2/h3-5,8,13,15,21H,6-7,9-11H2,1-2H3/t13-,15+/m0/s1. The van der Waals surface area contributed by atoms with Crippen molar-refractivity contribution in [3.63, 3.8) is 0 Å². The zero-order valence-electron chi connectivity index (χ0n) is 14.0. The molecule has 1 fully saturated rings. The smallest absolute Gasteiger partial charge is 0.240 e. The highest BCUT2D eigenvalue weighted by atomic mass is 16.5.